The van der Waals surface area contributed by atoms with E-state index in [-0.39, 0.29) is 11.5 Å². The van der Waals surface area contributed by atoms with Gasteiger partial charge in [-0.05, 0) is 49.9 Å². The first-order valence-corrected chi connectivity index (χ1v) is 12.2. The molecule has 0 spiro atoms. The quantitative estimate of drug-likeness (QED) is 0.796. The first-order valence-electron chi connectivity index (χ1n) is 8.89. The average Bonchev–Trinajstić information content (AvgIpc) is 2.62. The van der Waals surface area contributed by atoms with E-state index >= 15 is 0 Å². The maximum absolute atomic E-state index is 12.5. The van der Waals surface area contributed by atoms with Crippen molar-refractivity contribution >= 4 is 31.4 Å². The van der Waals surface area contributed by atoms with Gasteiger partial charge in [0.2, 0.25) is 20.0 Å². The lowest BCUT2D eigenvalue weighted by molar-refractivity contribution is 0.587. The van der Waals surface area contributed by atoms with E-state index in [2.05, 4.69) is 4.72 Å². The summed E-state index contributed by atoms with van der Waals surface area (Å²) in [6.45, 7) is 3.97. The minimum absolute atomic E-state index is 0.00974. The maximum atomic E-state index is 12.5. The average molecular weight is 409 g/mol. The molecular formula is C19H24N2O4S2. The van der Waals surface area contributed by atoms with Gasteiger partial charge in [-0.25, -0.2) is 16.8 Å². The smallest absolute Gasteiger partial charge is 0.236 e. The first kappa shape index (κ1) is 19.7. The summed E-state index contributed by atoms with van der Waals surface area (Å²) in [5, 5.41) is 0. The lowest BCUT2D eigenvalue weighted by Crippen LogP contribution is -2.36. The van der Waals surface area contributed by atoms with Crippen molar-refractivity contribution in [1.82, 2.24) is 0 Å². The Morgan fingerprint density at radius 2 is 1.74 bits per heavy atom. The van der Waals surface area contributed by atoms with Crippen LogP contribution in [-0.4, -0.2) is 29.1 Å². The van der Waals surface area contributed by atoms with Crippen LogP contribution >= 0.6 is 0 Å². The third-order valence-electron chi connectivity index (χ3n) is 4.61. The molecule has 3 rings (SSSR count). The fourth-order valence-electron chi connectivity index (χ4n) is 3.17. The van der Waals surface area contributed by atoms with Crippen LogP contribution in [0.25, 0.3) is 0 Å². The fraction of sp³-hybridized carbons (Fsp3) is 0.368. The molecule has 146 valence electrons. The predicted octanol–water partition coefficient (Wildman–Crippen LogP) is 3.04. The van der Waals surface area contributed by atoms with E-state index in [0.29, 0.717) is 23.5 Å². The Balaban J connectivity index is 1.86. The standard InChI is InChI=1S/C19H24N2O4S2/c1-3-27(24,25)21-12-4-5-17-10-11-18(13-19(17)21)20-26(22,23)14-16-8-6-15(2)7-9-16/h6-11,13,20H,3-5,12,14H2,1-2H3. The van der Waals surface area contributed by atoms with Gasteiger partial charge in [0.15, 0.2) is 0 Å². The molecule has 0 fully saturated rings. The highest BCUT2D eigenvalue weighted by molar-refractivity contribution is 7.92. The molecule has 0 amide bonds. The van der Waals surface area contributed by atoms with E-state index < -0.39 is 20.0 Å². The van der Waals surface area contributed by atoms with Crippen molar-refractivity contribution in [3.63, 3.8) is 0 Å². The third-order valence-corrected chi connectivity index (χ3v) is 7.65. The highest BCUT2D eigenvalue weighted by Crippen LogP contribution is 2.32. The minimum Gasteiger partial charge on any atom is -0.283 e. The Labute approximate surface area is 161 Å². The van der Waals surface area contributed by atoms with Crippen LogP contribution in [0.15, 0.2) is 42.5 Å². The molecule has 0 aliphatic carbocycles. The summed E-state index contributed by atoms with van der Waals surface area (Å²) in [6.07, 6.45) is 1.53. The van der Waals surface area contributed by atoms with Crippen LogP contribution in [0, 0.1) is 6.92 Å². The van der Waals surface area contributed by atoms with Crippen LogP contribution in [-0.2, 0) is 32.2 Å². The number of benzene rings is 2. The number of anilines is 2. The Hall–Kier alpha value is -2.06. The summed E-state index contributed by atoms with van der Waals surface area (Å²) in [5.74, 6) is -0.128. The number of hydrogen-bond acceptors (Lipinski definition) is 4. The molecule has 2 aromatic rings. The topological polar surface area (TPSA) is 83.6 Å². The van der Waals surface area contributed by atoms with Crippen LogP contribution in [0.4, 0.5) is 11.4 Å². The fourth-order valence-corrected chi connectivity index (χ4v) is 5.55. The molecular weight excluding hydrogens is 384 g/mol. The number of fused-ring (bicyclic) bond motifs is 1. The van der Waals surface area contributed by atoms with Gasteiger partial charge in [0, 0.05) is 6.54 Å². The van der Waals surface area contributed by atoms with Crippen LogP contribution in [0.2, 0.25) is 0 Å². The van der Waals surface area contributed by atoms with E-state index in [1.165, 1.54) is 4.31 Å². The molecule has 0 radical (unpaired) electrons. The van der Waals surface area contributed by atoms with Crippen molar-refractivity contribution in [1.29, 1.82) is 0 Å². The summed E-state index contributed by atoms with van der Waals surface area (Å²) in [6, 6.07) is 12.4. The van der Waals surface area contributed by atoms with Gasteiger partial charge in [-0.1, -0.05) is 35.9 Å². The lowest BCUT2D eigenvalue weighted by atomic mass is 10.0. The molecule has 0 atom stereocenters. The molecule has 0 aromatic heterocycles. The second-order valence-corrected chi connectivity index (χ2v) is 10.7. The van der Waals surface area contributed by atoms with Crippen molar-refractivity contribution in [3.8, 4) is 0 Å². The zero-order valence-electron chi connectivity index (χ0n) is 15.5. The van der Waals surface area contributed by atoms with Crippen LogP contribution in [0.3, 0.4) is 0 Å². The Morgan fingerprint density at radius 3 is 2.41 bits per heavy atom. The number of aryl methyl sites for hydroxylation is 2. The molecule has 27 heavy (non-hydrogen) atoms. The summed E-state index contributed by atoms with van der Waals surface area (Å²) in [4.78, 5) is 0. The SMILES string of the molecule is CCS(=O)(=O)N1CCCc2ccc(NS(=O)(=O)Cc3ccc(C)cc3)cc21. The van der Waals surface area contributed by atoms with Crippen molar-refractivity contribution in [3.05, 3.63) is 59.2 Å². The summed E-state index contributed by atoms with van der Waals surface area (Å²) in [7, 11) is -7.00. The Bertz CT molecular complexity index is 1030. The number of sulfonamides is 2. The van der Waals surface area contributed by atoms with Gasteiger partial charge in [-0.15, -0.1) is 0 Å². The number of nitrogens with zero attached hydrogens (tertiary/aromatic N) is 1. The molecule has 1 aliphatic heterocycles. The Morgan fingerprint density at radius 1 is 1.04 bits per heavy atom. The van der Waals surface area contributed by atoms with Gasteiger partial charge in [0.1, 0.15) is 0 Å². The van der Waals surface area contributed by atoms with E-state index in [1.54, 1.807) is 37.3 Å². The van der Waals surface area contributed by atoms with Crippen molar-refractivity contribution in [2.24, 2.45) is 0 Å². The molecule has 2 aromatic carbocycles. The minimum atomic E-state index is -3.60. The largest absolute Gasteiger partial charge is 0.283 e. The second-order valence-electron chi connectivity index (χ2n) is 6.77. The van der Waals surface area contributed by atoms with E-state index in [0.717, 1.165) is 24.0 Å². The maximum Gasteiger partial charge on any atom is 0.236 e. The molecule has 0 unspecified atom stereocenters. The molecule has 0 bridgehead atoms. The van der Waals surface area contributed by atoms with E-state index in [1.807, 2.05) is 19.1 Å². The lowest BCUT2D eigenvalue weighted by Gasteiger charge is -2.30. The Kier molecular flexibility index (Phi) is 5.48. The van der Waals surface area contributed by atoms with Crippen molar-refractivity contribution in [2.45, 2.75) is 32.4 Å². The van der Waals surface area contributed by atoms with Gasteiger partial charge in [-0.3, -0.25) is 9.03 Å². The van der Waals surface area contributed by atoms with Crippen molar-refractivity contribution < 1.29 is 16.8 Å². The monoisotopic (exact) mass is 408 g/mol. The highest BCUT2D eigenvalue weighted by atomic mass is 32.2. The van der Waals surface area contributed by atoms with Gasteiger partial charge < -0.3 is 0 Å². The second kappa shape index (κ2) is 7.52. The van der Waals surface area contributed by atoms with Crippen molar-refractivity contribution in [2.75, 3.05) is 21.3 Å². The normalized spacial score (nSPS) is 14.7. The highest BCUT2D eigenvalue weighted by Gasteiger charge is 2.26. The molecule has 8 heteroatoms. The summed E-state index contributed by atoms with van der Waals surface area (Å²) in [5.41, 5.74) is 3.62. The van der Waals surface area contributed by atoms with Gasteiger partial charge in [0.25, 0.3) is 0 Å². The molecule has 1 heterocycles. The molecule has 6 nitrogen and oxygen atoms in total. The first-order chi connectivity index (χ1) is 12.7. The number of nitrogens with one attached hydrogen (secondary N) is 1. The zero-order chi connectivity index (χ0) is 19.7. The molecule has 0 saturated carbocycles. The van der Waals surface area contributed by atoms with E-state index in [9.17, 15) is 16.8 Å². The predicted molar refractivity (Wildman–Crippen MR) is 109 cm³/mol. The zero-order valence-corrected chi connectivity index (χ0v) is 17.1. The van der Waals surface area contributed by atoms with Gasteiger partial charge >= 0.3 is 0 Å². The number of rotatable bonds is 6. The number of hydrogen-bond donors (Lipinski definition) is 1. The molecule has 0 saturated heterocycles. The van der Waals surface area contributed by atoms with Crippen LogP contribution in [0.5, 0.6) is 0 Å². The molecule has 1 aliphatic rings. The summed E-state index contributed by atoms with van der Waals surface area (Å²) < 4.78 is 53.7. The third kappa shape index (κ3) is 4.62. The van der Waals surface area contributed by atoms with Gasteiger partial charge in [-0.2, -0.15) is 0 Å². The van der Waals surface area contributed by atoms with E-state index in [4.69, 9.17) is 0 Å². The van der Waals surface area contributed by atoms with Crippen LogP contribution < -0.4 is 9.03 Å². The van der Waals surface area contributed by atoms with Crippen LogP contribution in [0.1, 0.15) is 30.0 Å². The van der Waals surface area contributed by atoms with Gasteiger partial charge in [0.05, 0.1) is 22.9 Å². The summed E-state index contributed by atoms with van der Waals surface area (Å²) >= 11 is 0. The molecule has 1 N–H and O–H groups in total.